The SMILES string of the molecule is C=C(C)C(=O)OC1(C2CCCCC2)CCCC2(CCCC2)C1. The molecule has 2 heteroatoms. The van der Waals surface area contributed by atoms with Gasteiger partial charge in [-0.2, -0.15) is 0 Å². The summed E-state index contributed by atoms with van der Waals surface area (Å²) in [5.41, 5.74) is 0.852. The third-order valence-electron chi connectivity index (χ3n) is 6.64. The summed E-state index contributed by atoms with van der Waals surface area (Å²) < 4.78 is 6.23. The topological polar surface area (TPSA) is 26.3 Å². The normalized spacial score (nSPS) is 32.0. The van der Waals surface area contributed by atoms with Gasteiger partial charge in [-0.05, 0) is 69.6 Å². The van der Waals surface area contributed by atoms with E-state index in [4.69, 9.17) is 4.74 Å². The molecule has 3 rings (SSSR count). The highest BCUT2D eigenvalue weighted by Crippen LogP contribution is 2.56. The Hall–Kier alpha value is -0.790. The lowest BCUT2D eigenvalue weighted by molar-refractivity contribution is -0.176. The van der Waals surface area contributed by atoms with Crippen LogP contribution in [-0.4, -0.2) is 11.6 Å². The van der Waals surface area contributed by atoms with E-state index in [2.05, 4.69) is 6.58 Å². The minimum Gasteiger partial charge on any atom is -0.455 e. The lowest BCUT2D eigenvalue weighted by Crippen LogP contribution is -2.50. The zero-order chi connectivity index (χ0) is 15.6. The van der Waals surface area contributed by atoms with Gasteiger partial charge in [0.25, 0.3) is 0 Å². The van der Waals surface area contributed by atoms with Crippen molar-refractivity contribution in [1.29, 1.82) is 0 Å². The van der Waals surface area contributed by atoms with Gasteiger partial charge in [-0.15, -0.1) is 0 Å². The van der Waals surface area contributed by atoms with Crippen LogP contribution >= 0.6 is 0 Å². The first-order chi connectivity index (χ1) is 10.6. The average Bonchev–Trinajstić information content (AvgIpc) is 2.95. The highest BCUT2D eigenvalue weighted by molar-refractivity contribution is 5.87. The summed E-state index contributed by atoms with van der Waals surface area (Å²) in [6.45, 7) is 5.59. The number of rotatable bonds is 3. The first kappa shape index (κ1) is 16.1. The van der Waals surface area contributed by atoms with Gasteiger partial charge in [-0.25, -0.2) is 4.79 Å². The van der Waals surface area contributed by atoms with Crippen molar-refractivity contribution in [3.8, 4) is 0 Å². The summed E-state index contributed by atoms with van der Waals surface area (Å²) >= 11 is 0. The van der Waals surface area contributed by atoms with Crippen LogP contribution in [0, 0.1) is 11.3 Å². The lowest BCUT2D eigenvalue weighted by Gasteiger charge is -2.50. The average molecular weight is 304 g/mol. The Balaban J connectivity index is 1.84. The zero-order valence-electron chi connectivity index (χ0n) is 14.3. The maximum absolute atomic E-state index is 12.3. The predicted octanol–water partition coefficient (Wildman–Crippen LogP) is 5.56. The van der Waals surface area contributed by atoms with Gasteiger partial charge in [0.05, 0.1) is 0 Å². The van der Waals surface area contributed by atoms with E-state index in [1.165, 1.54) is 70.6 Å². The molecular weight excluding hydrogens is 272 g/mol. The molecule has 0 bridgehead atoms. The van der Waals surface area contributed by atoms with Crippen molar-refractivity contribution in [1.82, 2.24) is 0 Å². The Kier molecular flexibility index (Phi) is 4.66. The molecule has 22 heavy (non-hydrogen) atoms. The van der Waals surface area contributed by atoms with Crippen LogP contribution < -0.4 is 0 Å². The molecule has 0 amide bonds. The van der Waals surface area contributed by atoms with Gasteiger partial charge >= 0.3 is 5.97 Å². The molecule has 0 saturated heterocycles. The molecule has 3 saturated carbocycles. The molecule has 0 radical (unpaired) electrons. The Morgan fingerprint density at radius 2 is 1.59 bits per heavy atom. The number of hydrogen-bond acceptors (Lipinski definition) is 2. The summed E-state index contributed by atoms with van der Waals surface area (Å²) in [7, 11) is 0. The third kappa shape index (κ3) is 3.12. The summed E-state index contributed by atoms with van der Waals surface area (Å²) in [5.74, 6) is 0.433. The van der Waals surface area contributed by atoms with Gasteiger partial charge in [0.2, 0.25) is 0 Å². The van der Waals surface area contributed by atoms with Crippen LogP contribution in [0.15, 0.2) is 12.2 Å². The Labute approximate surface area is 135 Å². The lowest BCUT2D eigenvalue weighted by atomic mass is 9.60. The molecule has 0 aliphatic heterocycles. The van der Waals surface area contributed by atoms with Crippen LogP contribution in [0.5, 0.6) is 0 Å². The van der Waals surface area contributed by atoms with Gasteiger partial charge in [0.1, 0.15) is 5.60 Å². The molecule has 0 aromatic carbocycles. The molecule has 1 spiro atoms. The second-order valence-corrected chi connectivity index (χ2v) is 8.31. The molecule has 3 aliphatic rings. The summed E-state index contributed by atoms with van der Waals surface area (Å²) in [6.07, 6.45) is 16.7. The van der Waals surface area contributed by atoms with Crippen molar-refractivity contribution in [2.75, 3.05) is 0 Å². The van der Waals surface area contributed by atoms with Gasteiger partial charge in [0, 0.05) is 5.57 Å². The summed E-state index contributed by atoms with van der Waals surface area (Å²) in [6, 6.07) is 0. The van der Waals surface area contributed by atoms with Crippen molar-refractivity contribution in [3.63, 3.8) is 0 Å². The summed E-state index contributed by atoms with van der Waals surface area (Å²) in [4.78, 5) is 12.3. The van der Waals surface area contributed by atoms with E-state index in [0.717, 1.165) is 12.8 Å². The maximum atomic E-state index is 12.3. The Bertz CT molecular complexity index is 427. The minimum atomic E-state index is -0.182. The molecule has 0 N–H and O–H groups in total. The van der Waals surface area contributed by atoms with Crippen molar-refractivity contribution < 1.29 is 9.53 Å². The summed E-state index contributed by atoms with van der Waals surface area (Å²) in [5, 5.41) is 0. The molecular formula is C20H32O2. The third-order valence-corrected chi connectivity index (χ3v) is 6.64. The zero-order valence-corrected chi connectivity index (χ0v) is 14.3. The number of esters is 1. The van der Waals surface area contributed by atoms with E-state index < -0.39 is 0 Å². The molecule has 0 aromatic heterocycles. The van der Waals surface area contributed by atoms with Crippen molar-refractivity contribution >= 4 is 5.97 Å². The molecule has 1 atom stereocenters. The van der Waals surface area contributed by atoms with E-state index in [0.29, 0.717) is 16.9 Å². The second-order valence-electron chi connectivity index (χ2n) is 8.31. The monoisotopic (exact) mass is 304 g/mol. The fraction of sp³-hybridized carbons (Fsp3) is 0.850. The number of carbonyl (C=O) groups is 1. The van der Waals surface area contributed by atoms with Crippen molar-refractivity contribution in [2.24, 2.45) is 11.3 Å². The van der Waals surface area contributed by atoms with Gasteiger partial charge in [-0.3, -0.25) is 0 Å². The fourth-order valence-electron chi connectivity index (χ4n) is 5.55. The first-order valence-electron chi connectivity index (χ1n) is 9.44. The molecule has 0 aromatic rings. The highest BCUT2D eigenvalue weighted by Gasteiger charge is 2.51. The van der Waals surface area contributed by atoms with Gasteiger partial charge < -0.3 is 4.74 Å². The number of ether oxygens (including phenoxy) is 1. The van der Waals surface area contributed by atoms with Gasteiger partial charge in [-0.1, -0.05) is 38.7 Å². The quantitative estimate of drug-likeness (QED) is 0.504. The largest absolute Gasteiger partial charge is 0.455 e. The van der Waals surface area contributed by atoms with Crippen molar-refractivity contribution in [2.45, 2.75) is 96.0 Å². The van der Waals surface area contributed by atoms with Crippen LogP contribution in [0.4, 0.5) is 0 Å². The smallest absolute Gasteiger partial charge is 0.333 e. The highest BCUT2D eigenvalue weighted by atomic mass is 16.6. The van der Waals surface area contributed by atoms with E-state index >= 15 is 0 Å². The van der Waals surface area contributed by atoms with E-state index in [1.54, 1.807) is 6.92 Å². The molecule has 2 nitrogen and oxygen atoms in total. The second kappa shape index (κ2) is 6.37. The molecule has 0 heterocycles. The standard InChI is InChI=1S/C20H32O2/c1-16(2)18(21)22-20(17-9-4-3-5-10-17)14-8-13-19(15-20)11-6-7-12-19/h17H,1,3-15H2,2H3. The molecule has 3 fully saturated rings. The van der Waals surface area contributed by atoms with Crippen LogP contribution in [-0.2, 0) is 9.53 Å². The van der Waals surface area contributed by atoms with E-state index in [1.807, 2.05) is 0 Å². The fourth-order valence-corrected chi connectivity index (χ4v) is 5.55. The van der Waals surface area contributed by atoms with Crippen LogP contribution in [0.25, 0.3) is 0 Å². The van der Waals surface area contributed by atoms with E-state index in [9.17, 15) is 4.79 Å². The minimum absolute atomic E-state index is 0.152. The predicted molar refractivity (Wildman–Crippen MR) is 89.6 cm³/mol. The number of carbonyl (C=O) groups excluding carboxylic acids is 1. The Morgan fingerprint density at radius 1 is 0.955 bits per heavy atom. The van der Waals surface area contributed by atoms with Crippen LogP contribution in [0.3, 0.4) is 0 Å². The number of hydrogen-bond donors (Lipinski definition) is 0. The van der Waals surface area contributed by atoms with Crippen LogP contribution in [0.1, 0.15) is 90.4 Å². The van der Waals surface area contributed by atoms with Gasteiger partial charge in [0.15, 0.2) is 0 Å². The molecule has 3 aliphatic carbocycles. The first-order valence-corrected chi connectivity index (χ1v) is 9.44. The molecule has 1 unspecified atom stereocenters. The van der Waals surface area contributed by atoms with E-state index in [-0.39, 0.29) is 11.6 Å². The van der Waals surface area contributed by atoms with Crippen molar-refractivity contribution in [3.05, 3.63) is 12.2 Å². The maximum Gasteiger partial charge on any atom is 0.333 e. The molecule has 124 valence electrons. The Morgan fingerprint density at radius 3 is 2.23 bits per heavy atom. The van der Waals surface area contributed by atoms with Crippen LogP contribution in [0.2, 0.25) is 0 Å².